The van der Waals surface area contributed by atoms with Crippen molar-refractivity contribution >= 4 is 29.2 Å². The first kappa shape index (κ1) is 26.4. The van der Waals surface area contributed by atoms with Gasteiger partial charge in [0.2, 0.25) is 0 Å². The Hall–Kier alpha value is -4.20. The fourth-order valence-electron chi connectivity index (χ4n) is 3.86. The van der Waals surface area contributed by atoms with Crippen LogP contribution in [0, 0.1) is 12.1 Å². The maximum absolute atomic E-state index is 13.7. The van der Waals surface area contributed by atoms with Gasteiger partial charge in [-0.3, -0.25) is 9.69 Å². The van der Waals surface area contributed by atoms with Crippen LogP contribution in [0.1, 0.15) is 37.0 Å². The van der Waals surface area contributed by atoms with E-state index >= 15 is 0 Å². The van der Waals surface area contributed by atoms with E-state index in [2.05, 4.69) is 0 Å². The van der Waals surface area contributed by atoms with Crippen molar-refractivity contribution in [1.82, 2.24) is 0 Å². The molecule has 0 bridgehead atoms. The lowest BCUT2D eigenvalue weighted by Crippen LogP contribution is -2.36. The van der Waals surface area contributed by atoms with Crippen LogP contribution in [0.15, 0.2) is 72.8 Å². The Bertz CT molecular complexity index is 1200. The smallest absolute Gasteiger partial charge is 0.330 e. The average Bonchev–Trinajstić information content (AvgIpc) is 3.12. The summed E-state index contributed by atoms with van der Waals surface area (Å²) in [6.07, 6.45) is 5.33. The molecule has 1 heterocycles. The summed E-state index contributed by atoms with van der Waals surface area (Å²) in [4.78, 5) is 38.8. The highest BCUT2D eigenvalue weighted by Crippen LogP contribution is 2.32. The summed E-state index contributed by atoms with van der Waals surface area (Å²) in [6.45, 7) is 5.98. The van der Waals surface area contributed by atoms with Crippen molar-refractivity contribution in [2.75, 3.05) is 18.1 Å². The lowest BCUT2D eigenvalue weighted by atomic mass is 10.1. The number of hydrogen-bond donors (Lipinski definition) is 0. The Morgan fingerprint density at radius 1 is 1.03 bits per heavy atom. The Morgan fingerprint density at radius 3 is 2.36 bits per heavy atom. The normalized spacial score (nSPS) is 15.3. The predicted molar refractivity (Wildman–Crippen MR) is 136 cm³/mol. The molecule has 1 amide bonds. The van der Waals surface area contributed by atoms with Gasteiger partial charge in [0.15, 0.2) is 6.04 Å². The molecule has 1 atom stereocenters. The van der Waals surface area contributed by atoms with E-state index in [-0.39, 0.29) is 25.3 Å². The van der Waals surface area contributed by atoms with E-state index < -0.39 is 23.9 Å². The molecular weight excluding hydrogens is 460 g/mol. The predicted octanol–water partition coefficient (Wildman–Crippen LogP) is 3.84. The van der Waals surface area contributed by atoms with Gasteiger partial charge in [-0.15, -0.1) is 0 Å². The summed E-state index contributed by atoms with van der Waals surface area (Å²) in [5.74, 6) is -1.57. The molecule has 36 heavy (non-hydrogen) atoms. The molecule has 1 aliphatic rings. The van der Waals surface area contributed by atoms with Crippen LogP contribution in [0.4, 0.5) is 5.69 Å². The molecule has 0 N–H and O–H groups in total. The number of benzene rings is 2. The highest BCUT2D eigenvalue weighted by Gasteiger charge is 2.40. The number of ether oxygens (including phenoxy) is 2. The zero-order valence-electron chi connectivity index (χ0n) is 20.7. The zero-order valence-corrected chi connectivity index (χ0v) is 20.7. The first-order valence-corrected chi connectivity index (χ1v) is 11.8. The molecule has 8 heteroatoms. The van der Waals surface area contributed by atoms with Crippen molar-refractivity contribution in [1.29, 1.82) is 0 Å². The number of aryl methyl sites for hydroxylation is 1. The van der Waals surface area contributed by atoms with Gasteiger partial charge in [-0.1, -0.05) is 48.0 Å². The average molecular weight is 491 g/mol. The van der Waals surface area contributed by atoms with E-state index in [1.54, 1.807) is 24.8 Å². The Morgan fingerprint density at radius 2 is 1.69 bits per heavy atom. The minimum atomic E-state index is -0.941. The number of carbonyl (C=O) groups excluding carboxylic acids is 3. The third-order valence-electron chi connectivity index (χ3n) is 5.51. The molecule has 0 saturated carbocycles. The summed E-state index contributed by atoms with van der Waals surface area (Å²) in [5.41, 5.74) is 2.96. The summed E-state index contributed by atoms with van der Waals surface area (Å²) in [7, 11) is 0. The highest BCUT2D eigenvalue weighted by atomic mass is 16.5. The van der Waals surface area contributed by atoms with Gasteiger partial charge in [-0.05, 0) is 44.5 Å². The quantitative estimate of drug-likeness (QED) is 0.165. The molecule has 0 spiro atoms. The molecule has 2 aromatic rings. The van der Waals surface area contributed by atoms with Crippen LogP contribution in [0.3, 0.4) is 0 Å². The van der Waals surface area contributed by atoms with Crippen molar-refractivity contribution in [2.45, 2.75) is 39.8 Å². The lowest BCUT2D eigenvalue weighted by molar-refractivity contribution is -0.485. The van der Waals surface area contributed by atoms with E-state index in [4.69, 9.17) is 9.47 Å². The summed E-state index contributed by atoms with van der Waals surface area (Å²) in [6, 6.07) is 14.1. The molecule has 0 saturated heterocycles. The first-order chi connectivity index (χ1) is 17.3. The number of rotatable bonds is 10. The standard InChI is InChI=1S/C28H30N2O6/c1-4-35-25(31)13-9-12-22(15-17-26(32)36-5-2)30(34)27-23-18-20(3)14-16-24(23)29(28(27)33)19-21-10-7-6-8-11-21/h6-11,13-18,22H,4-5,12,19H2,1-3H3/b13-9+,17-15+,30-27+. The number of fused-ring (bicyclic) bond motifs is 1. The third kappa shape index (κ3) is 6.47. The van der Waals surface area contributed by atoms with Crippen molar-refractivity contribution in [3.8, 4) is 0 Å². The number of hydrogen-bond acceptors (Lipinski definition) is 6. The molecule has 0 fully saturated rings. The fourth-order valence-corrected chi connectivity index (χ4v) is 3.86. The van der Waals surface area contributed by atoms with Crippen LogP contribution < -0.4 is 4.90 Å². The van der Waals surface area contributed by atoms with Crippen LogP contribution >= 0.6 is 0 Å². The van der Waals surface area contributed by atoms with Gasteiger partial charge in [0.05, 0.1) is 31.0 Å². The minimum absolute atomic E-state index is 0.0207. The summed E-state index contributed by atoms with van der Waals surface area (Å²) in [5, 5.41) is 13.7. The molecule has 8 nitrogen and oxygen atoms in total. The van der Waals surface area contributed by atoms with Crippen molar-refractivity contribution < 1.29 is 28.6 Å². The molecule has 3 rings (SSSR count). The van der Waals surface area contributed by atoms with Gasteiger partial charge in [-0.25, -0.2) is 9.59 Å². The van der Waals surface area contributed by atoms with Gasteiger partial charge in [0.1, 0.15) is 0 Å². The molecule has 0 radical (unpaired) electrons. The monoisotopic (exact) mass is 490 g/mol. The van der Waals surface area contributed by atoms with Gasteiger partial charge in [0.25, 0.3) is 5.71 Å². The maximum Gasteiger partial charge on any atom is 0.330 e. The van der Waals surface area contributed by atoms with Crippen molar-refractivity contribution in [2.24, 2.45) is 0 Å². The van der Waals surface area contributed by atoms with Crippen LogP contribution in [-0.2, 0) is 30.4 Å². The van der Waals surface area contributed by atoms with E-state index in [1.807, 2.05) is 49.4 Å². The number of anilines is 1. The zero-order chi connectivity index (χ0) is 26.1. The van der Waals surface area contributed by atoms with Gasteiger partial charge in [0, 0.05) is 18.6 Å². The summed E-state index contributed by atoms with van der Waals surface area (Å²) >= 11 is 0. The van der Waals surface area contributed by atoms with Crippen LogP contribution in [-0.4, -0.2) is 47.6 Å². The Labute approximate surface area is 210 Å². The van der Waals surface area contributed by atoms with E-state index in [0.29, 0.717) is 22.5 Å². The van der Waals surface area contributed by atoms with Gasteiger partial charge >= 0.3 is 17.8 Å². The number of esters is 2. The topological polar surface area (TPSA) is 99.0 Å². The van der Waals surface area contributed by atoms with Gasteiger partial charge < -0.3 is 14.7 Å². The van der Waals surface area contributed by atoms with Crippen LogP contribution in [0.25, 0.3) is 0 Å². The van der Waals surface area contributed by atoms with Crippen molar-refractivity contribution in [3.05, 3.63) is 94.7 Å². The molecule has 188 valence electrons. The second kappa shape index (κ2) is 12.5. The molecule has 1 unspecified atom stereocenters. The minimum Gasteiger partial charge on any atom is -0.623 e. The lowest BCUT2D eigenvalue weighted by Gasteiger charge is -2.17. The molecular formula is C28H30N2O6. The van der Waals surface area contributed by atoms with Crippen molar-refractivity contribution in [3.63, 3.8) is 0 Å². The number of amides is 1. The molecule has 1 aliphatic heterocycles. The fraction of sp³-hybridized carbons (Fsp3) is 0.286. The summed E-state index contributed by atoms with van der Waals surface area (Å²) < 4.78 is 10.4. The van der Waals surface area contributed by atoms with E-state index in [0.717, 1.165) is 17.2 Å². The third-order valence-corrected chi connectivity index (χ3v) is 5.51. The molecule has 0 aromatic heterocycles. The molecule has 0 aliphatic carbocycles. The van der Waals surface area contributed by atoms with Crippen LogP contribution in [0.5, 0.6) is 0 Å². The number of carbonyl (C=O) groups is 3. The van der Waals surface area contributed by atoms with E-state index in [9.17, 15) is 19.6 Å². The molecule has 2 aromatic carbocycles. The first-order valence-electron chi connectivity index (χ1n) is 11.8. The SMILES string of the molecule is CCOC(=O)/C=C/CC(/C=C/C(=O)OCC)/[N+]([O-])=C1\C(=O)N(Cc2ccccc2)c2ccc(C)cc21. The van der Waals surface area contributed by atoms with Crippen LogP contribution in [0.2, 0.25) is 0 Å². The Balaban J connectivity index is 2.02. The Kier molecular flexibility index (Phi) is 9.16. The second-order valence-electron chi connectivity index (χ2n) is 8.14. The largest absolute Gasteiger partial charge is 0.623 e. The number of nitrogens with zero attached hydrogens (tertiary/aromatic N) is 2. The maximum atomic E-state index is 13.7. The van der Waals surface area contributed by atoms with E-state index in [1.165, 1.54) is 18.2 Å². The van der Waals surface area contributed by atoms with Gasteiger partial charge in [-0.2, -0.15) is 4.74 Å². The number of hydroxylamine groups is 1. The highest BCUT2D eigenvalue weighted by molar-refractivity contribution is 6.52. The second-order valence-corrected chi connectivity index (χ2v) is 8.14.